The number of esters is 1. The molecule has 0 atom stereocenters. The topological polar surface area (TPSA) is 86.1 Å². The van der Waals surface area contributed by atoms with Gasteiger partial charge in [-0.25, -0.2) is 9.78 Å². The van der Waals surface area contributed by atoms with E-state index in [-0.39, 0.29) is 23.2 Å². The Morgan fingerprint density at radius 1 is 1.48 bits per heavy atom. The summed E-state index contributed by atoms with van der Waals surface area (Å²) in [6.45, 7) is 3.26. The molecule has 2 heterocycles. The molecule has 0 aliphatic carbocycles. The number of nitrogens with one attached hydrogen (secondary N) is 1. The number of carbonyl (C=O) groups is 2. The van der Waals surface area contributed by atoms with Crippen molar-refractivity contribution in [1.82, 2.24) is 20.1 Å². The van der Waals surface area contributed by atoms with E-state index in [9.17, 15) is 9.59 Å². The quantitative estimate of drug-likeness (QED) is 0.616. The predicted octanol–water partition coefficient (Wildman–Crippen LogP) is 1.34. The molecule has 1 amide bonds. The van der Waals surface area contributed by atoms with Gasteiger partial charge in [0.15, 0.2) is 0 Å². The molecule has 112 valence electrons. The second-order valence-electron chi connectivity index (χ2n) is 4.14. The van der Waals surface area contributed by atoms with Gasteiger partial charge >= 0.3 is 5.97 Å². The van der Waals surface area contributed by atoms with Gasteiger partial charge in [-0.05, 0) is 19.4 Å². The lowest BCUT2D eigenvalue weighted by atomic mass is 10.4. The third-order valence-corrected chi connectivity index (χ3v) is 3.42. The molecule has 2 aromatic rings. The van der Waals surface area contributed by atoms with E-state index in [0.29, 0.717) is 6.54 Å². The van der Waals surface area contributed by atoms with Crippen molar-refractivity contribution >= 4 is 23.2 Å². The maximum absolute atomic E-state index is 11.9. The second-order valence-corrected chi connectivity index (χ2v) is 5.00. The highest BCUT2D eigenvalue weighted by molar-refractivity contribution is 7.11. The fourth-order valence-electron chi connectivity index (χ4n) is 1.63. The molecule has 0 aliphatic heterocycles. The first kappa shape index (κ1) is 15.2. The Bertz CT molecular complexity index is 594. The minimum atomic E-state index is -0.500. The maximum atomic E-state index is 11.9. The van der Waals surface area contributed by atoms with Gasteiger partial charge in [-0.15, -0.1) is 11.3 Å². The number of hydrogen-bond acceptors (Lipinski definition) is 6. The molecule has 2 aromatic heterocycles. The summed E-state index contributed by atoms with van der Waals surface area (Å²) in [5.74, 6) is -0.789. The van der Waals surface area contributed by atoms with Crippen LogP contribution in [0.25, 0.3) is 0 Å². The van der Waals surface area contributed by atoms with E-state index in [1.807, 2.05) is 12.3 Å². The summed E-state index contributed by atoms with van der Waals surface area (Å²) in [7, 11) is 0. The van der Waals surface area contributed by atoms with E-state index in [1.54, 1.807) is 23.2 Å². The number of ether oxygens (including phenoxy) is 1. The fourth-order valence-corrected chi connectivity index (χ4v) is 2.32. The average molecular weight is 308 g/mol. The van der Waals surface area contributed by atoms with Crippen molar-refractivity contribution in [3.05, 3.63) is 34.5 Å². The van der Waals surface area contributed by atoms with Gasteiger partial charge in [0.1, 0.15) is 5.69 Å². The molecule has 8 heteroatoms. The van der Waals surface area contributed by atoms with E-state index in [0.717, 1.165) is 24.3 Å². The largest absolute Gasteiger partial charge is 0.461 e. The number of amides is 1. The van der Waals surface area contributed by atoms with E-state index in [1.165, 1.54) is 0 Å². The van der Waals surface area contributed by atoms with Crippen LogP contribution in [-0.4, -0.2) is 39.8 Å². The third-order valence-electron chi connectivity index (χ3n) is 2.60. The summed E-state index contributed by atoms with van der Waals surface area (Å²) in [6, 6.07) is 1.85. The summed E-state index contributed by atoms with van der Waals surface area (Å²) >= 11 is 1.10. The number of rotatable bonds is 7. The first-order valence-corrected chi connectivity index (χ1v) is 7.47. The van der Waals surface area contributed by atoms with Crippen LogP contribution in [0.2, 0.25) is 0 Å². The first-order valence-electron chi connectivity index (χ1n) is 6.59. The molecule has 0 fully saturated rings. The molecule has 21 heavy (non-hydrogen) atoms. The molecule has 0 aromatic carbocycles. The number of hydrogen-bond donors (Lipinski definition) is 1. The number of nitrogens with zero attached hydrogens (tertiary/aromatic N) is 3. The van der Waals surface area contributed by atoms with Crippen molar-refractivity contribution in [2.75, 3.05) is 13.2 Å². The van der Waals surface area contributed by atoms with Gasteiger partial charge in [0.25, 0.3) is 5.91 Å². The van der Waals surface area contributed by atoms with Crippen molar-refractivity contribution in [3.8, 4) is 0 Å². The number of thiazole rings is 1. The Hall–Kier alpha value is -2.22. The SMILES string of the molecule is CCOC(=O)c1nc(C(=O)NCCCn2cccn2)cs1. The zero-order chi connectivity index (χ0) is 15.1. The van der Waals surface area contributed by atoms with Crippen LogP contribution in [0.3, 0.4) is 0 Å². The number of aryl methyl sites for hydroxylation is 1. The standard InChI is InChI=1S/C13H16N4O3S/c1-2-20-13(19)12-16-10(9-21-12)11(18)14-5-3-7-17-8-4-6-15-17/h4,6,8-9H,2-3,5,7H2,1H3,(H,14,18). The maximum Gasteiger partial charge on any atom is 0.367 e. The first-order chi connectivity index (χ1) is 10.2. The molecule has 0 spiro atoms. The molecule has 2 rings (SSSR count). The van der Waals surface area contributed by atoms with Crippen LogP contribution >= 0.6 is 11.3 Å². The van der Waals surface area contributed by atoms with Gasteiger partial charge in [0.2, 0.25) is 5.01 Å². The zero-order valence-electron chi connectivity index (χ0n) is 11.6. The zero-order valence-corrected chi connectivity index (χ0v) is 12.4. The monoisotopic (exact) mass is 308 g/mol. The smallest absolute Gasteiger partial charge is 0.367 e. The molecule has 0 aliphatic rings. The molecule has 1 N–H and O–H groups in total. The highest BCUT2D eigenvalue weighted by Crippen LogP contribution is 2.11. The molecule has 0 unspecified atom stereocenters. The van der Waals surface area contributed by atoms with Crippen molar-refractivity contribution < 1.29 is 14.3 Å². The lowest BCUT2D eigenvalue weighted by Crippen LogP contribution is -2.25. The van der Waals surface area contributed by atoms with Crippen LogP contribution in [0, 0.1) is 0 Å². The summed E-state index contributed by atoms with van der Waals surface area (Å²) in [5, 5.41) is 8.57. The van der Waals surface area contributed by atoms with Gasteiger partial charge in [0, 0.05) is 30.9 Å². The Morgan fingerprint density at radius 2 is 2.33 bits per heavy atom. The predicted molar refractivity (Wildman–Crippen MR) is 77.2 cm³/mol. The summed E-state index contributed by atoms with van der Waals surface area (Å²) in [5.41, 5.74) is 0.238. The van der Waals surface area contributed by atoms with Crippen LogP contribution in [0.1, 0.15) is 33.6 Å². The molecular formula is C13H16N4O3S. The van der Waals surface area contributed by atoms with Gasteiger partial charge in [-0.3, -0.25) is 9.48 Å². The van der Waals surface area contributed by atoms with Crippen molar-refractivity contribution in [2.24, 2.45) is 0 Å². The van der Waals surface area contributed by atoms with Crippen LogP contribution in [0.5, 0.6) is 0 Å². The van der Waals surface area contributed by atoms with Crippen molar-refractivity contribution in [2.45, 2.75) is 19.9 Å². The number of aromatic nitrogens is 3. The van der Waals surface area contributed by atoms with Crippen molar-refractivity contribution in [1.29, 1.82) is 0 Å². The molecule has 0 radical (unpaired) electrons. The normalized spacial score (nSPS) is 10.3. The molecule has 0 saturated heterocycles. The van der Waals surface area contributed by atoms with E-state index in [2.05, 4.69) is 15.4 Å². The number of carbonyl (C=O) groups excluding carboxylic acids is 2. The Kier molecular flexibility index (Phi) is 5.44. The summed E-state index contributed by atoms with van der Waals surface area (Å²) in [6.07, 6.45) is 4.35. The lowest BCUT2D eigenvalue weighted by Gasteiger charge is -2.03. The van der Waals surface area contributed by atoms with E-state index >= 15 is 0 Å². The Morgan fingerprint density at radius 3 is 3.05 bits per heavy atom. The average Bonchev–Trinajstić information content (AvgIpc) is 3.14. The summed E-state index contributed by atoms with van der Waals surface area (Å²) in [4.78, 5) is 27.3. The van der Waals surface area contributed by atoms with Gasteiger partial charge < -0.3 is 10.1 Å². The molecule has 7 nitrogen and oxygen atoms in total. The van der Waals surface area contributed by atoms with Gasteiger partial charge in [0.05, 0.1) is 6.61 Å². The molecule has 0 saturated carbocycles. The Labute approximate surface area is 125 Å². The highest BCUT2D eigenvalue weighted by Gasteiger charge is 2.15. The minimum Gasteiger partial charge on any atom is -0.461 e. The third kappa shape index (κ3) is 4.38. The van der Waals surface area contributed by atoms with E-state index < -0.39 is 5.97 Å². The van der Waals surface area contributed by atoms with Crippen LogP contribution in [-0.2, 0) is 11.3 Å². The van der Waals surface area contributed by atoms with Crippen LogP contribution < -0.4 is 5.32 Å². The van der Waals surface area contributed by atoms with Crippen molar-refractivity contribution in [3.63, 3.8) is 0 Å². The molecular weight excluding hydrogens is 292 g/mol. The van der Waals surface area contributed by atoms with Crippen LogP contribution in [0.4, 0.5) is 0 Å². The van der Waals surface area contributed by atoms with Crippen LogP contribution in [0.15, 0.2) is 23.8 Å². The minimum absolute atomic E-state index is 0.193. The molecule has 0 bridgehead atoms. The highest BCUT2D eigenvalue weighted by atomic mass is 32.1. The summed E-state index contributed by atoms with van der Waals surface area (Å²) < 4.78 is 6.63. The van der Waals surface area contributed by atoms with Gasteiger partial charge in [-0.2, -0.15) is 5.10 Å². The van der Waals surface area contributed by atoms with E-state index in [4.69, 9.17) is 4.74 Å². The van der Waals surface area contributed by atoms with Gasteiger partial charge in [-0.1, -0.05) is 0 Å². The second kappa shape index (κ2) is 7.53. The lowest BCUT2D eigenvalue weighted by molar-refractivity contribution is 0.0526. The Balaban J connectivity index is 1.76. The fraction of sp³-hybridized carbons (Fsp3) is 0.385.